The van der Waals surface area contributed by atoms with Gasteiger partial charge in [-0.05, 0) is 46.2 Å². The molecular formula is C24H38N4O4. The van der Waals surface area contributed by atoms with Crippen LogP contribution in [0.25, 0.3) is 0 Å². The van der Waals surface area contributed by atoms with E-state index in [0.717, 1.165) is 49.5 Å². The predicted molar refractivity (Wildman–Crippen MR) is 124 cm³/mol. The minimum absolute atomic E-state index is 0.0330. The molecule has 2 aliphatic rings. The van der Waals surface area contributed by atoms with E-state index in [0.29, 0.717) is 26.2 Å². The van der Waals surface area contributed by atoms with Crippen LogP contribution < -0.4 is 14.8 Å². The minimum atomic E-state index is -0.228. The molecule has 178 valence electrons. The monoisotopic (exact) mass is 446 g/mol. The molecule has 1 aromatic rings. The number of methoxy groups -OCH3 is 2. The zero-order valence-corrected chi connectivity index (χ0v) is 20.1. The second-order valence-corrected chi connectivity index (χ2v) is 9.69. The Balaban J connectivity index is 1.53. The highest BCUT2D eigenvalue weighted by Crippen LogP contribution is 2.38. The molecule has 1 N–H and O–H groups in total. The van der Waals surface area contributed by atoms with E-state index in [9.17, 15) is 9.59 Å². The van der Waals surface area contributed by atoms with Gasteiger partial charge in [-0.15, -0.1) is 0 Å². The van der Waals surface area contributed by atoms with E-state index in [-0.39, 0.29) is 23.4 Å². The van der Waals surface area contributed by atoms with Gasteiger partial charge >= 0.3 is 0 Å². The highest BCUT2D eigenvalue weighted by molar-refractivity contribution is 5.79. The molecule has 0 aromatic heterocycles. The zero-order valence-electron chi connectivity index (χ0n) is 20.1. The Labute approximate surface area is 191 Å². The number of ether oxygens (including phenoxy) is 2. The van der Waals surface area contributed by atoms with Crippen LogP contribution in [0.2, 0.25) is 0 Å². The van der Waals surface area contributed by atoms with Crippen LogP contribution in [-0.2, 0) is 9.59 Å². The standard InChI is InChI=1S/C24H38N4O4/c1-24(2,3)25-22(29)16-26-11-13-27(14-12-26)23(30)17-28-10-6-7-20(28)19-9-8-18(31-4)15-21(19)32-5/h8-9,15,20H,6-7,10-14,16-17H2,1-5H3,(H,25,29). The Kier molecular flexibility index (Phi) is 8.00. The lowest BCUT2D eigenvalue weighted by atomic mass is 10.0. The Morgan fingerprint density at radius 1 is 1.03 bits per heavy atom. The number of nitrogens with zero attached hydrogens (tertiary/aromatic N) is 3. The summed E-state index contributed by atoms with van der Waals surface area (Å²) in [4.78, 5) is 31.5. The molecule has 2 amide bonds. The van der Waals surface area contributed by atoms with Gasteiger partial charge in [0.25, 0.3) is 0 Å². The van der Waals surface area contributed by atoms with Gasteiger partial charge in [0, 0.05) is 49.4 Å². The van der Waals surface area contributed by atoms with Gasteiger partial charge in [-0.3, -0.25) is 19.4 Å². The number of benzene rings is 1. The molecule has 0 radical (unpaired) electrons. The molecule has 8 heteroatoms. The first-order valence-corrected chi connectivity index (χ1v) is 11.5. The van der Waals surface area contributed by atoms with Gasteiger partial charge in [-0.1, -0.05) is 6.07 Å². The first kappa shape index (κ1) is 24.3. The smallest absolute Gasteiger partial charge is 0.236 e. The first-order valence-electron chi connectivity index (χ1n) is 11.5. The lowest BCUT2D eigenvalue weighted by Gasteiger charge is -2.36. The summed E-state index contributed by atoms with van der Waals surface area (Å²) in [7, 11) is 3.32. The van der Waals surface area contributed by atoms with Crippen molar-refractivity contribution in [3.05, 3.63) is 23.8 Å². The first-order chi connectivity index (χ1) is 15.2. The molecule has 2 aliphatic heterocycles. The van der Waals surface area contributed by atoms with E-state index in [1.807, 2.05) is 43.9 Å². The summed E-state index contributed by atoms with van der Waals surface area (Å²) < 4.78 is 10.9. The minimum Gasteiger partial charge on any atom is -0.497 e. The lowest BCUT2D eigenvalue weighted by molar-refractivity contribution is -0.134. The van der Waals surface area contributed by atoms with Crippen molar-refractivity contribution < 1.29 is 19.1 Å². The summed E-state index contributed by atoms with van der Waals surface area (Å²) in [5.74, 6) is 1.75. The molecule has 3 rings (SSSR count). The predicted octanol–water partition coefficient (Wildman–Crippen LogP) is 1.90. The second kappa shape index (κ2) is 10.5. The summed E-state index contributed by atoms with van der Waals surface area (Å²) in [6, 6.07) is 6.07. The van der Waals surface area contributed by atoms with E-state index >= 15 is 0 Å². The maximum Gasteiger partial charge on any atom is 0.236 e. The van der Waals surface area contributed by atoms with Crippen molar-refractivity contribution in [1.82, 2.24) is 20.0 Å². The second-order valence-electron chi connectivity index (χ2n) is 9.69. The summed E-state index contributed by atoms with van der Waals surface area (Å²) in [5, 5.41) is 3.00. The summed E-state index contributed by atoms with van der Waals surface area (Å²) in [5.41, 5.74) is 0.876. The summed E-state index contributed by atoms with van der Waals surface area (Å²) >= 11 is 0. The van der Waals surface area contributed by atoms with Crippen molar-refractivity contribution in [2.45, 2.75) is 45.2 Å². The van der Waals surface area contributed by atoms with Gasteiger partial charge in [0.2, 0.25) is 11.8 Å². The molecule has 0 spiro atoms. The number of likely N-dealkylation sites (tertiary alicyclic amines) is 1. The lowest BCUT2D eigenvalue weighted by Crippen LogP contribution is -2.54. The summed E-state index contributed by atoms with van der Waals surface area (Å²) in [6.45, 7) is 10.4. The van der Waals surface area contributed by atoms with Crippen LogP contribution in [0.5, 0.6) is 11.5 Å². The number of rotatable bonds is 7. The molecule has 1 unspecified atom stereocenters. The van der Waals surface area contributed by atoms with Gasteiger partial charge in [-0.25, -0.2) is 0 Å². The Morgan fingerprint density at radius 3 is 2.38 bits per heavy atom. The number of hydrogen-bond acceptors (Lipinski definition) is 6. The van der Waals surface area contributed by atoms with Gasteiger partial charge in [0.05, 0.1) is 27.3 Å². The van der Waals surface area contributed by atoms with Crippen LogP contribution >= 0.6 is 0 Å². The zero-order chi connectivity index (χ0) is 23.3. The molecule has 32 heavy (non-hydrogen) atoms. The van der Waals surface area contributed by atoms with Crippen molar-refractivity contribution in [3.8, 4) is 11.5 Å². The van der Waals surface area contributed by atoms with Crippen LogP contribution in [-0.4, -0.2) is 92.1 Å². The maximum atomic E-state index is 13.0. The fraction of sp³-hybridized carbons (Fsp3) is 0.667. The molecule has 0 aliphatic carbocycles. The molecule has 2 heterocycles. The number of carbonyl (C=O) groups is 2. The Hall–Kier alpha value is -2.32. The third-order valence-electron chi connectivity index (χ3n) is 6.11. The summed E-state index contributed by atoms with van der Waals surface area (Å²) in [6.07, 6.45) is 2.07. The maximum absolute atomic E-state index is 13.0. The van der Waals surface area contributed by atoms with Crippen molar-refractivity contribution >= 4 is 11.8 Å². The van der Waals surface area contributed by atoms with Crippen molar-refractivity contribution in [3.63, 3.8) is 0 Å². The molecule has 0 bridgehead atoms. The van der Waals surface area contributed by atoms with Crippen LogP contribution in [0.15, 0.2) is 18.2 Å². The van der Waals surface area contributed by atoms with Crippen LogP contribution in [0.1, 0.15) is 45.2 Å². The molecule has 2 fully saturated rings. The van der Waals surface area contributed by atoms with Crippen LogP contribution in [0.3, 0.4) is 0 Å². The number of hydrogen-bond donors (Lipinski definition) is 1. The van der Waals surface area contributed by atoms with E-state index in [4.69, 9.17) is 9.47 Å². The molecule has 8 nitrogen and oxygen atoms in total. The topological polar surface area (TPSA) is 74.4 Å². The van der Waals surface area contributed by atoms with E-state index in [1.54, 1.807) is 14.2 Å². The van der Waals surface area contributed by atoms with Gasteiger partial charge in [-0.2, -0.15) is 0 Å². The normalized spacial score (nSPS) is 20.3. The van der Waals surface area contributed by atoms with Crippen molar-refractivity contribution in [2.75, 3.05) is 60.0 Å². The van der Waals surface area contributed by atoms with Gasteiger partial charge < -0.3 is 19.7 Å². The van der Waals surface area contributed by atoms with Crippen LogP contribution in [0, 0.1) is 0 Å². The number of carbonyl (C=O) groups excluding carboxylic acids is 2. The van der Waals surface area contributed by atoms with Crippen LogP contribution in [0.4, 0.5) is 0 Å². The molecule has 0 saturated carbocycles. The number of amides is 2. The average molecular weight is 447 g/mol. The SMILES string of the molecule is COc1ccc(C2CCCN2CC(=O)N2CCN(CC(=O)NC(C)(C)C)CC2)c(OC)c1. The fourth-order valence-electron chi connectivity index (χ4n) is 4.55. The quantitative estimate of drug-likeness (QED) is 0.690. The third kappa shape index (κ3) is 6.36. The molecule has 1 aromatic carbocycles. The number of piperazine rings is 1. The van der Waals surface area contributed by atoms with E-state index in [1.165, 1.54) is 0 Å². The fourth-order valence-corrected chi connectivity index (χ4v) is 4.55. The molecule has 1 atom stereocenters. The van der Waals surface area contributed by atoms with E-state index in [2.05, 4.69) is 15.1 Å². The highest BCUT2D eigenvalue weighted by Gasteiger charge is 2.32. The highest BCUT2D eigenvalue weighted by atomic mass is 16.5. The third-order valence-corrected chi connectivity index (χ3v) is 6.11. The van der Waals surface area contributed by atoms with Gasteiger partial charge in [0.15, 0.2) is 0 Å². The van der Waals surface area contributed by atoms with Crippen molar-refractivity contribution in [2.24, 2.45) is 0 Å². The largest absolute Gasteiger partial charge is 0.497 e. The van der Waals surface area contributed by atoms with E-state index < -0.39 is 0 Å². The average Bonchev–Trinajstić information content (AvgIpc) is 3.20. The molecule has 2 saturated heterocycles. The number of nitrogens with one attached hydrogen (secondary N) is 1. The Morgan fingerprint density at radius 2 is 1.75 bits per heavy atom. The Bertz CT molecular complexity index is 800. The van der Waals surface area contributed by atoms with Gasteiger partial charge in [0.1, 0.15) is 11.5 Å². The van der Waals surface area contributed by atoms with Crippen molar-refractivity contribution in [1.29, 1.82) is 0 Å². The molecular weight excluding hydrogens is 408 g/mol.